The predicted octanol–water partition coefficient (Wildman–Crippen LogP) is 3.95. The lowest BCUT2D eigenvalue weighted by atomic mass is 10.2. The van der Waals surface area contributed by atoms with E-state index in [1.54, 1.807) is 0 Å². The molecule has 0 aliphatic heterocycles. The summed E-state index contributed by atoms with van der Waals surface area (Å²) in [7, 11) is 0. The van der Waals surface area contributed by atoms with E-state index in [-0.39, 0.29) is 17.1 Å². The van der Waals surface area contributed by atoms with Crippen molar-refractivity contribution in [3.05, 3.63) is 41.2 Å². The highest BCUT2D eigenvalue weighted by atomic mass is 32.2. The van der Waals surface area contributed by atoms with Crippen LogP contribution in [0.3, 0.4) is 0 Å². The van der Waals surface area contributed by atoms with Crippen LogP contribution < -0.4 is 10.1 Å². The zero-order chi connectivity index (χ0) is 20.7. The highest BCUT2D eigenvalue weighted by Crippen LogP contribution is 2.22. The van der Waals surface area contributed by atoms with Gasteiger partial charge < -0.3 is 9.30 Å². The van der Waals surface area contributed by atoms with Crippen LogP contribution in [0.1, 0.15) is 41.5 Å². The molecule has 0 unspecified atom stereocenters. The summed E-state index contributed by atoms with van der Waals surface area (Å²) in [5.74, 6) is -1.07. The maximum Gasteiger partial charge on any atom is 0.387 e. The number of rotatable bonds is 9. The highest BCUT2D eigenvalue weighted by molar-refractivity contribution is 7.99. The molecule has 1 aromatic carbocycles. The summed E-state index contributed by atoms with van der Waals surface area (Å²) in [6.07, 6.45) is 2.07. The molecule has 6 nitrogen and oxygen atoms in total. The van der Waals surface area contributed by atoms with Crippen LogP contribution in [0.25, 0.3) is 0 Å². The minimum Gasteiger partial charge on any atom is -0.435 e. The van der Waals surface area contributed by atoms with E-state index in [0.717, 1.165) is 35.9 Å². The van der Waals surface area contributed by atoms with Crippen molar-refractivity contribution in [1.29, 1.82) is 0 Å². The quantitative estimate of drug-likeness (QED) is 0.633. The Morgan fingerprint density at radius 1 is 1.25 bits per heavy atom. The van der Waals surface area contributed by atoms with E-state index in [1.807, 2.05) is 13.8 Å². The Morgan fingerprint density at radius 3 is 2.54 bits per heavy atom. The van der Waals surface area contributed by atoms with Crippen molar-refractivity contribution in [2.24, 2.45) is 0 Å². The fourth-order valence-electron chi connectivity index (χ4n) is 2.47. The second-order valence-electron chi connectivity index (χ2n) is 6.14. The molecule has 28 heavy (non-hydrogen) atoms. The summed E-state index contributed by atoms with van der Waals surface area (Å²) in [4.78, 5) is 28.7. The first-order chi connectivity index (χ1) is 13.3. The van der Waals surface area contributed by atoms with E-state index < -0.39 is 18.4 Å². The number of halogens is 2. The molecular formula is C19H23F2N3O3S. The molecule has 0 aliphatic rings. The third-order valence-corrected chi connectivity index (χ3v) is 5.06. The Hall–Kier alpha value is -2.42. The fraction of sp³-hybridized carbons (Fsp3) is 0.421. The molecule has 0 radical (unpaired) electrons. The van der Waals surface area contributed by atoms with Gasteiger partial charge in [-0.3, -0.25) is 14.9 Å². The lowest BCUT2D eigenvalue weighted by Gasteiger charge is -2.09. The number of benzene rings is 1. The number of aryl methyl sites for hydroxylation is 1. The summed E-state index contributed by atoms with van der Waals surface area (Å²) in [6.45, 7) is 3.92. The first kappa shape index (κ1) is 21.9. The summed E-state index contributed by atoms with van der Waals surface area (Å²) in [5.41, 5.74) is 2.16. The lowest BCUT2D eigenvalue weighted by molar-refractivity contribution is -0.117. The minimum atomic E-state index is -2.93. The van der Waals surface area contributed by atoms with Crippen LogP contribution in [0.15, 0.2) is 29.4 Å². The van der Waals surface area contributed by atoms with E-state index in [2.05, 4.69) is 26.5 Å². The normalized spacial score (nSPS) is 10.9. The molecular weight excluding hydrogens is 388 g/mol. The number of amides is 2. The number of carbonyl (C=O) groups is 2. The van der Waals surface area contributed by atoms with Gasteiger partial charge in [-0.05, 0) is 44.5 Å². The van der Waals surface area contributed by atoms with Crippen LogP contribution in [0.5, 0.6) is 5.75 Å². The Bertz CT molecular complexity index is 823. The zero-order valence-electron chi connectivity index (χ0n) is 16.0. The van der Waals surface area contributed by atoms with Gasteiger partial charge >= 0.3 is 6.61 Å². The van der Waals surface area contributed by atoms with Crippen LogP contribution in [0.2, 0.25) is 0 Å². The summed E-state index contributed by atoms with van der Waals surface area (Å²) >= 11 is 1.27. The number of hydrogen-bond donors (Lipinski definition) is 1. The van der Waals surface area contributed by atoms with Crippen LogP contribution in [-0.4, -0.2) is 33.7 Å². The molecule has 0 spiro atoms. The smallest absolute Gasteiger partial charge is 0.387 e. The molecule has 2 rings (SSSR count). The van der Waals surface area contributed by atoms with E-state index in [4.69, 9.17) is 0 Å². The molecule has 0 bridgehead atoms. The maximum absolute atomic E-state index is 12.1. The number of nitrogens with one attached hydrogen (secondary N) is 1. The van der Waals surface area contributed by atoms with Crippen molar-refractivity contribution in [2.75, 3.05) is 5.75 Å². The van der Waals surface area contributed by atoms with E-state index >= 15 is 0 Å². The number of hydrogen-bond acceptors (Lipinski definition) is 5. The largest absolute Gasteiger partial charge is 0.435 e. The third-order valence-electron chi connectivity index (χ3n) is 4.08. The van der Waals surface area contributed by atoms with E-state index in [0.29, 0.717) is 0 Å². The summed E-state index contributed by atoms with van der Waals surface area (Å²) in [6, 6.07) is 5.13. The number of nitrogens with zero attached hydrogens (tertiary/aromatic N) is 2. The number of aromatic nitrogens is 2. The van der Waals surface area contributed by atoms with Crippen LogP contribution in [-0.2, 0) is 11.3 Å². The lowest BCUT2D eigenvalue weighted by Crippen LogP contribution is -2.31. The third kappa shape index (κ3) is 6.05. The molecule has 2 aromatic rings. The predicted molar refractivity (Wildman–Crippen MR) is 103 cm³/mol. The Kier molecular flexibility index (Phi) is 7.98. The second-order valence-corrected chi connectivity index (χ2v) is 7.08. The van der Waals surface area contributed by atoms with Crippen LogP contribution >= 0.6 is 11.8 Å². The number of carbonyl (C=O) groups excluding carboxylic acids is 2. The highest BCUT2D eigenvalue weighted by Gasteiger charge is 2.15. The Morgan fingerprint density at radius 2 is 1.93 bits per heavy atom. The van der Waals surface area contributed by atoms with Crippen molar-refractivity contribution in [1.82, 2.24) is 14.9 Å². The Labute approximate surface area is 166 Å². The average Bonchev–Trinajstić information content (AvgIpc) is 2.92. The standard InChI is InChI=1S/C19H23F2N3O3S/c1-4-5-10-24-13(3)12(2)22-19(24)28-11-16(25)23-17(26)14-6-8-15(9-7-14)27-18(20)21/h6-9,18H,4-5,10-11H2,1-3H3,(H,23,25,26). The van der Waals surface area contributed by atoms with Gasteiger partial charge in [0.25, 0.3) is 5.91 Å². The molecule has 9 heteroatoms. The molecule has 1 heterocycles. The molecule has 0 atom stereocenters. The number of thioether (sulfide) groups is 1. The van der Waals surface area contributed by atoms with Gasteiger partial charge in [0.1, 0.15) is 5.75 Å². The van der Waals surface area contributed by atoms with E-state index in [9.17, 15) is 18.4 Å². The SMILES string of the molecule is CCCCn1c(SCC(=O)NC(=O)c2ccc(OC(F)F)cc2)nc(C)c1C. The monoisotopic (exact) mass is 411 g/mol. The molecule has 0 saturated carbocycles. The molecule has 2 amide bonds. The van der Waals surface area contributed by atoms with Gasteiger partial charge in [0, 0.05) is 17.8 Å². The summed E-state index contributed by atoms with van der Waals surface area (Å²) in [5, 5.41) is 3.04. The molecule has 0 aliphatic carbocycles. The first-order valence-electron chi connectivity index (χ1n) is 8.87. The van der Waals surface area contributed by atoms with Crippen LogP contribution in [0.4, 0.5) is 8.78 Å². The van der Waals surface area contributed by atoms with Crippen molar-refractivity contribution >= 4 is 23.6 Å². The van der Waals surface area contributed by atoms with Gasteiger partial charge in [0.05, 0.1) is 11.4 Å². The van der Waals surface area contributed by atoms with Crippen molar-refractivity contribution in [3.8, 4) is 5.75 Å². The first-order valence-corrected chi connectivity index (χ1v) is 9.86. The fourth-order valence-corrected chi connectivity index (χ4v) is 3.38. The van der Waals surface area contributed by atoms with Crippen molar-refractivity contribution < 1.29 is 23.1 Å². The Balaban J connectivity index is 1.92. The van der Waals surface area contributed by atoms with Gasteiger partial charge in [-0.15, -0.1) is 0 Å². The van der Waals surface area contributed by atoms with Crippen LogP contribution in [0, 0.1) is 13.8 Å². The minimum absolute atomic E-state index is 0.0420. The number of alkyl halides is 2. The van der Waals surface area contributed by atoms with Gasteiger partial charge in [-0.1, -0.05) is 25.1 Å². The van der Waals surface area contributed by atoms with Gasteiger partial charge in [0.15, 0.2) is 5.16 Å². The van der Waals surface area contributed by atoms with Crippen molar-refractivity contribution in [3.63, 3.8) is 0 Å². The number of ether oxygens (including phenoxy) is 1. The maximum atomic E-state index is 12.1. The summed E-state index contributed by atoms with van der Waals surface area (Å²) < 4.78 is 30.6. The number of imidazole rings is 1. The molecule has 1 N–H and O–H groups in total. The topological polar surface area (TPSA) is 73.2 Å². The van der Waals surface area contributed by atoms with Gasteiger partial charge in [-0.2, -0.15) is 8.78 Å². The van der Waals surface area contributed by atoms with Crippen molar-refractivity contribution in [2.45, 2.75) is 51.9 Å². The number of unbranched alkanes of at least 4 members (excludes halogenated alkanes) is 1. The average molecular weight is 411 g/mol. The number of imide groups is 1. The molecule has 0 fully saturated rings. The van der Waals surface area contributed by atoms with Gasteiger partial charge in [0.2, 0.25) is 5.91 Å². The molecule has 0 saturated heterocycles. The second kappa shape index (κ2) is 10.2. The molecule has 1 aromatic heterocycles. The van der Waals surface area contributed by atoms with Gasteiger partial charge in [-0.25, -0.2) is 4.98 Å². The molecule has 152 valence electrons. The zero-order valence-corrected chi connectivity index (χ0v) is 16.8. The van der Waals surface area contributed by atoms with E-state index in [1.165, 1.54) is 36.0 Å².